The quantitative estimate of drug-likeness (QED) is 0.695. The van der Waals surface area contributed by atoms with Gasteiger partial charge in [-0.1, -0.05) is 18.2 Å². The summed E-state index contributed by atoms with van der Waals surface area (Å²) < 4.78 is 15.1. The van der Waals surface area contributed by atoms with E-state index in [1.807, 2.05) is 0 Å². The van der Waals surface area contributed by atoms with Crippen molar-refractivity contribution in [1.29, 1.82) is 0 Å². The number of carbonyl (C=O) groups is 2. The van der Waals surface area contributed by atoms with Gasteiger partial charge < -0.3 is 13.9 Å². The van der Waals surface area contributed by atoms with Crippen LogP contribution in [0.2, 0.25) is 0 Å². The second-order valence-electron chi connectivity index (χ2n) is 5.60. The minimum atomic E-state index is -0.594. The van der Waals surface area contributed by atoms with E-state index in [0.717, 1.165) is 0 Å². The normalized spacial score (nSPS) is 10.7. The van der Waals surface area contributed by atoms with Crippen LogP contribution in [0.5, 0.6) is 0 Å². The van der Waals surface area contributed by atoms with Gasteiger partial charge in [0, 0.05) is 10.9 Å². The standard InChI is InChI=1S/C18H16N2O6/c1-10-7-11(26-16(10)18(23)24-2)9-25-15(21)8-14-12-5-3-4-6-13(12)17(22)20-19-14/h3-7H,8-9H2,1-2H3,(H,20,22). The van der Waals surface area contributed by atoms with E-state index in [0.29, 0.717) is 27.8 Å². The fourth-order valence-electron chi connectivity index (χ4n) is 2.56. The molecule has 26 heavy (non-hydrogen) atoms. The minimum Gasteiger partial charge on any atom is -0.463 e. The minimum absolute atomic E-state index is 0.0758. The van der Waals surface area contributed by atoms with Gasteiger partial charge in [-0.25, -0.2) is 9.89 Å². The number of fused-ring (bicyclic) bond motifs is 1. The lowest BCUT2D eigenvalue weighted by atomic mass is 10.1. The first-order valence-corrected chi connectivity index (χ1v) is 7.79. The second kappa shape index (κ2) is 7.22. The third kappa shape index (κ3) is 3.49. The van der Waals surface area contributed by atoms with Crippen molar-refractivity contribution in [2.24, 2.45) is 0 Å². The first-order valence-electron chi connectivity index (χ1n) is 7.79. The molecule has 1 aromatic carbocycles. The molecule has 0 spiro atoms. The summed E-state index contributed by atoms with van der Waals surface area (Å²) in [5.41, 5.74) is 0.686. The van der Waals surface area contributed by atoms with Crippen LogP contribution in [0.4, 0.5) is 0 Å². The summed E-state index contributed by atoms with van der Waals surface area (Å²) in [5.74, 6) is -0.727. The van der Waals surface area contributed by atoms with Gasteiger partial charge in [-0.2, -0.15) is 5.10 Å². The summed E-state index contributed by atoms with van der Waals surface area (Å²) in [6.45, 7) is 1.56. The number of furan rings is 1. The molecule has 3 rings (SSSR count). The predicted molar refractivity (Wildman–Crippen MR) is 90.6 cm³/mol. The lowest BCUT2D eigenvalue weighted by Crippen LogP contribution is -2.15. The van der Waals surface area contributed by atoms with Gasteiger partial charge in [-0.05, 0) is 19.1 Å². The Bertz CT molecular complexity index is 1030. The number of esters is 2. The van der Waals surface area contributed by atoms with E-state index in [4.69, 9.17) is 9.15 Å². The average Bonchev–Trinajstić information content (AvgIpc) is 3.03. The number of aromatic nitrogens is 2. The highest BCUT2D eigenvalue weighted by Crippen LogP contribution is 2.17. The Morgan fingerprint density at radius 2 is 1.96 bits per heavy atom. The third-order valence-corrected chi connectivity index (χ3v) is 3.80. The van der Waals surface area contributed by atoms with Crippen molar-refractivity contribution in [3.63, 3.8) is 0 Å². The van der Waals surface area contributed by atoms with Crippen LogP contribution in [0.25, 0.3) is 10.8 Å². The molecule has 2 aromatic heterocycles. The highest BCUT2D eigenvalue weighted by molar-refractivity contribution is 5.88. The lowest BCUT2D eigenvalue weighted by molar-refractivity contribution is -0.144. The molecule has 0 bridgehead atoms. The summed E-state index contributed by atoms with van der Waals surface area (Å²) in [7, 11) is 1.26. The Morgan fingerprint density at radius 3 is 2.69 bits per heavy atom. The van der Waals surface area contributed by atoms with Crippen molar-refractivity contribution >= 4 is 22.7 Å². The van der Waals surface area contributed by atoms with Crippen LogP contribution in [0.3, 0.4) is 0 Å². The summed E-state index contributed by atoms with van der Waals surface area (Å²) >= 11 is 0. The summed E-state index contributed by atoms with van der Waals surface area (Å²) in [6, 6.07) is 8.48. The summed E-state index contributed by atoms with van der Waals surface area (Å²) in [5, 5.41) is 7.35. The highest BCUT2D eigenvalue weighted by Gasteiger charge is 2.17. The van der Waals surface area contributed by atoms with Crippen molar-refractivity contribution in [2.45, 2.75) is 20.0 Å². The zero-order valence-electron chi connectivity index (χ0n) is 14.2. The van der Waals surface area contributed by atoms with Crippen LogP contribution in [0.15, 0.2) is 39.5 Å². The molecule has 0 aliphatic heterocycles. The van der Waals surface area contributed by atoms with E-state index in [-0.39, 0.29) is 24.3 Å². The fourth-order valence-corrected chi connectivity index (χ4v) is 2.56. The van der Waals surface area contributed by atoms with Gasteiger partial charge in [0.1, 0.15) is 12.4 Å². The van der Waals surface area contributed by atoms with Gasteiger partial charge >= 0.3 is 11.9 Å². The van der Waals surface area contributed by atoms with E-state index < -0.39 is 11.9 Å². The Morgan fingerprint density at radius 1 is 1.23 bits per heavy atom. The summed E-state index contributed by atoms with van der Waals surface area (Å²) in [6.07, 6.45) is -0.110. The van der Waals surface area contributed by atoms with Crippen LogP contribution in [0.1, 0.15) is 27.6 Å². The number of H-pyrrole nitrogens is 1. The molecular formula is C18H16N2O6. The number of hydrogen-bond acceptors (Lipinski definition) is 7. The molecule has 8 heteroatoms. The van der Waals surface area contributed by atoms with Gasteiger partial charge in [0.15, 0.2) is 0 Å². The maximum atomic E-state index is 12.1. The number of methoxy groups -OCH3 is 1. The zero-order valence-corrected chi connectivity index (χ0v) is 14.2. The molecule has 134 valence electrons. The molecule has 3 aromatic rings. The average molecular weight is 356 g/mol. The van der Waals surface area contributed by atoms with E-state index in [1.165, 1.54) is 7.11 Å². The monoisotopic (exact) mass is 356 g/mol. The number of aryl methyl sites for hydroxylation is 1. The third-order valence-electron chi connectivity index (χ3n) is 3.80. The fraction of sp³-hybridized carbons (Fsp3) is 0.222. The maximum absolute atomic E-state index is 12.1. The van der Waals surface area contributed by atoms with E-state index in [1.54, 1.807) is 37.3 Å². The Labute approximate surface area is 147 Å². The molecular weight excluding hydrogens is 340 g/mol. The molecule has 0 saturated carbocycles. The molecule has 0 unspecified atom stereocenters. The van der Waals surface area contributed by atoms with E-state index in [9.17, 15) is 14.4 Å². The molecule has 0 aliphatic rings. The number of nitrogens with zero attached hydrogens (tertiary/aromatic N) is 1. The molecule has 0 saturated heterocycles. The number of benzene rings is 1. The molecule has 0 amide bonds. The molecule has 0 fully saturated rings. The highest BCUT2D eigenvalue weighted by atomic mass is 16.5. The van der Waals surface area contributed by atoms with Crippen LogP contribution >= 0.6 is 0 Å². The zero-order chi connectivity index (χ0) is 18.7. The van der Waals surface area contributed by atoms with Gasteiger partial charge in [0.25, 0.3) is 5.56 Å². The largest absolute Gasteiger partial charge is 0.463 e. The van der Waals surface area contributed by atoms with Crippen LogP contribution in [-0.4, -0.2) is 29.2 Å². The van der Waals surface area contributed by atoms with Gasteiger partial charge in [0.05, 0.1) is 24.6 Å². The number of ether oxygens (including phenoxy) is 2. The van der Waals surface area contributed by atoms with Crippen molar-refractivity contribution in [1.82, 2.24) is 10.2 Å². The molecule has 8 nitrogen and oxygen atoms in total. The van der Waals surface area contributed by atoms with Crippen molar-refractivity contribution in [3.8, 4) is 0 Å². The SMILES string of the molecule is COC(=O)c1oc(COC(=O)Cc2n[nH]c(=O)c3ccccc23)cc1C. The lowest BCUT2D eigenvalue weighted by Gasteiger charge is -2.05. The maximum Gasteiger partial charge on any atom is 0.374 e. The number of carbonyl (C=O) groups excluding carboxylic acids is 2. The number of hydrogen-bond donors (Lipinski definition) is 1. The van der Waals surface area contributed by atoms with Crippen molar-refractivity contribution < 1.29 is 23.5 Å². The molecule has 0 radical (unpaired) electrons. The smallest absolute Gasteiger partial charge is 0.374 e. The number of nitrogens with one attached hydrogen (secondary N) is 1. The number of aromatic amines is 1. The molecule has 2 heterocycles. The van der Waals surface area contributed by atoms with Crippen molar-refractivity contribution in [2.75, 3.05) is 7.11 Å². The molecule has 1 N–H and O–H groups in total. The predicted octanol–water partition coefficient (Wildman–Crippen LogP) is 1.90. The Balaban J connectivity index is 1.70. The van der Waals surface area contributed by atoms with Gasteiger partial charge in [-0.3, -0.25) is 9.59 Å². The van der Waals surface area contributed by atoms with E-state index in [2.05, 4.69) is 14.9 Å². The second-order valence-corrected chi connectivity index (χ2v) is 5.60. The summed E-state index contributed by atoms with van der Waals surface area (Å²) in [4.78, 5) is 35.4. The van der Waals surface area contributed by atoms with Crippen LogP contribution < -0.4 is 5.56 Å². The molecule has 0 atom stereocenters. The number of rotatable bonds is 5. The van der Waals surface area contributed by atoms with Crippen LogP contribution in [0, 0.1) is 6.92 Å². The first-order chi connectivity index (χ1) is 12.5. The first kappa shape index (κ1) is 17.4. The van der Waals surface area contributed by atoms with E-state index >= 15 is 0 Å². The van der Waals surface area contributed by atoms with Gasteiger partial charge in [-0.15, -0.1) is 0 Å². The Hall–Kier alpha value is -3.42. The van der Waals surface area contributed by atoms with Crippen molar-refractivity contribution in [3.05, 3.63) is 63.5 Å². The molecule has 0 aliphatic carbocycles. The topological polar surface area (TPSA) is 111 Å². The Kier molecular flexibility index (Phi) is 4.83. The van der Waals surface area contributed by atoms with Crippen LogP contribution in [-0.2, 0) is 27.3 Å². The van der Waals surface area contributed by atoms with Gasteiger partial charge in [0.2, 0.25) is 5.76 Å².